The number of nitrogens with zero attached hydrogens (tertiary/aromatic N) is 2. The zero-order valence-corrected chi connectivity index (χ0v) is 10.1. The van der Waals surface area contributed by atoms with Gasteiger partial charge < -0.3 is 5.32 Å². The Kier molecular flexibility index (Phi) is 3.32. The van der Waals surface area contributed by atoms with Crippen molar-refractivity contribution in [2.75, 3.05) is 5.32 Å². The molecule has 0 fully saturated rings. The Labute approximate surface area is 104 Å². The molecule has 0 saturated heterocycles. The molecule has 0 spiro atoms. The van der Waals surface area contributed by atoms with Crippen molar-refractivity contribution in [1.29, 1.82) is 0 Å². The molecule has 0 aliphatic carbocycles. The summed E-state index contributed by atoms with van der Waals surface area (Å²) in [6, 6.07) is 4.85. The SMILES string of the molecule is Cc1ccnc(NC(=O)c2ncc(F)cc2C)c1. The monoisotopic (exact) mass is 245 g/mol. The van der Waals surface area contributed by atoms with E-state index in [1.54, 1.807) is 19.2 Å². The van der Waals surface area contributed by atoms with Gasteiger partial charge in [0.25, 0.3) is 5.91 Å². The maximum absolute atomic E-state index is 12.9. The Balaban J connectivity index is 2.22. The zero-order valence-electron chi connectivity index (χ0n) is 10.1. The lowest BCUT2D eigenvalue weighted by Crippen LogP contribution is -2.16. The van der Waals surface area contributed by atoms with E-state index in [1.807, 2.05) is 13.0 Å². The van der Waals surface area contributed by atoms with Gasteiger partial charge in [0.2, 0.25) is 0 Å². The molecule has 18 heavy (non-hydrogen) atoms. The highest BCUT2D eigenvalue weighted by atomic mass is 19.1. The van der Waals surface area contributed by atoms with Gasteiger partial charge in [-0.05, 0) is 43.2 Å². The number of aryl methyl sites for hydroxylation is 2. The second kappa shape index (κ2) is 4.91. The largest absolute Gasteiger partial charge is 0.305 e. The van der Waals surface area contributed by atoms with Crippen LogP contribution in [0.1, 0.15) is 21.6 Å². The molecular formula is C13H12FN3O. The highest BCUT2D eigenvalue weighted by Gasteiger charge is 2.12. The van der Waals surface area contributed by atoms with Crippen molar-refractivity contribution >= 4 is 11.7 Å². The first kappa shape index (κ1) is 12.2. The molecule has 0 aliphatic rings. The Bertz CT molecular complexity index is 599. The van der Waals surface area contributed by atoms with Gasteiger partial charge in [0.15, 0.2) is 0 Å². The summed E-state index contributed by atoms with van der Waals surface area (Å²) in [6.07, 6.45) is 2.63. The predicted molar refractivity (Wildman–Crippen MR) is 65.9 cm³/mol. The summed E-state index contributed by atoms with van der Waals surface area (Å²) >= 11 is 0. The summed E-state index contributed by atoms with van der Waals surface area (Å²) in [5, 5.41) is 2.62. The molecule has 4 nitrogen and oxygen atoms in total. The van der Waals surface area contributed by atoms with E-state index in [9.17, 15) is 9.18 Å². The fourth-order valence-corrected chi connectivity index (χ4v) is 1.56. The molecule has 2 aromatic rings. The molecular weight excluding hydrogens is 233 g/mol. The minimum atomic E-state index is -0.460. The molecule has 0 aromatic carbocycles. The maximum atomic E-state index is 12.9. The second-order valence-electron chi connectivity index (χ2n) is 3.99. The third kappa shape index (κ3) is 2.68. The van der Waals surface area contributed by atoms with Crippen LogP contribution in [-0.4, -0.2) is 15.9 Å². The molecule has 2 aromatic heterocycles. The van der Waals surface area contributed by atoms with Crippen LogP contribution in [0.3, 0.4) is 0 Å². The number of hydrogen-bond acceptors (Lipinski definition) is 3. The van der Waals surface area contributed by atoms with Crippen LogP contribution < -0.4 is 5.32 Å². The average Bonchev–Trinajstić information content (AvgIpc) is 2.28. The Morgan fingerprint density at radius 3 is 2.72 bits per heavy atom. The van der Waals surface area contributed by atoms with E-state index in [-0.39, 0.29) is 5.69 Å². The minimum absolute atomic E-state index is 0.194. The molecule has 92 valence electrons. The first-order valence-electron chi connectivity index (χ1n) is 5.42. The minimum Gasteiger partial charge on any atom is -0.305 e. The van der Waals surface area contributed by atoms with Gasteiger partial charge in [0, 0.05) is 6.20 Å². The molecule has 0 unspecified atom stereocenters. The number of amides is 1. The molecule has 2 rings (SSSR count). The lowest BCUT2D eigenvalue weighted by atomic mass is 10.2. The summed E-state index contributed by atoms with van der Waals surface area (Å²) in [7, 11) is 0. The van der Waals surface area contributed by atoms with Gasteiger partial charge in [0.1, 0.15) is 17.3 Å². The number of hydrogen-bond donors (Lipinski definition) is 1. The summed E-state index contributed by atoms with van der Waals surface area (Å²) in [6.45, 7) is 3.54. The topological polar surface area (TPSA) is 54.9 Å². The molecule has 5 heteroatoms. The standard InChI is InChI=1S/C13H12FN3O/c1-8-3-4-15-11(5-8)17-13(18)12-9(2)6-10(14)7-16-12/h3-7H,1-2H3,(H,15,17,18). The van der Waals surface area contributed by atoms with E-state index >= 15 is 0 Å². The van der Waals surface area contributed by atoms with E-state index in [4.69, 9.17) is 0 Å². The third-order valence-corrected chi connectivity index (χ3v) is 2.42. The highest BCUT2D eigenvalue weighted by molar-refractivity contribution is 6.03. The molecule has 0 saturated carbocycles. The maximum Gasteiger partial charge on any atom is 0.275 e. The van der Waals surface area contributed by atoms with E-state index in [1.165, 1.54) is 6.07 Å². The van der Waals surface area contributed by atoms with Gasteiger partial charge in [-0.1, -0.05) is 0 Å². The predicted octanol–water partition coefficient (Wildman–Crippen LogP) is 2.48. The molecule has 1 amide bonds. The third-order valence-electron chi connectivity index (χ3n) is 2.42. The van der Waals surface area contributed by atoms with E-state index in [2.05, 4.69) is 15.3 Å². The van der Waals surface area contributed by atoms with Gasteiger partial charge in [0.05, 0.1) is 6.20 Å². The number of halogens is 1. The fraction of sp³-hybridized carbons (Fsp3) is 0.154. The van der Waals surface area contributed by atoms with Crippen LogP contribution in [0.4, 0.5) is 10.2 Å². The van der Waals surface area contributed by atoms with Crippen molar-refractivity contribution < 1.29 is 9.18 Å². The molecule has 0 aliphatic heterocycles. The Hall–Kier alpha value is -2.30. The number of aromatic nitrogens is 2. The number of carbonyl (C=O) groups is 1. The Morgan fingerprint density at radius 2 is 2.06 bits per heavy atom. The number of rotatable bonds is 2. The molecule has 0 bridgehead atoms. The number of nitrogens with one attached hydrogen (secondary N) is 1. The number of carbonyl (C=O) groups excluding carboxylic acids is 1. The van der Waals surface area contributed by atoms with Gasteiger partial charge in [-0.3, -0.25) is 4.79 Å². The van der Waals surface area contributed by atoms with Crippen molar-refractivity contribution in [2.24, 2.45) is 0 Å². The summed E-state index contributed by atoms with van der Waals surface area (Å²) in [5.74, 6) is -0.408. The van der Waals surface area contributed by atoms with Crippen LogP contribution in [0.5, 0.6) is 0 Å². The highest BCUT2D eigenvalue weighted by Crippen LogP contribution is 2.10. The van der Waals surface area contributed by atoms with Crippen molar-refractivity contribution in [3.63, 3.8) is 0 Å². The summed E-state index contributed by atoms with van der Waals surface area (Å²) < 4.78 is 12.9. The number of pyridine rings is 2. The van der Waals surface area contributed by atoms with Crippen molar-refractivity contribution in [3.8, 4) is 0 Å². The smallest absolute Gasteiger partial charge is 0.275 e. The van der Waals surface area contributed by atoms with Gasteiger partial charge >= 0.3 is 0 Å². The molecule has 0 radical (unpaired) electrons. The van der Waals surface area contributed by atoms with Gasteiger partial charge in [-0.2, -0.15) is 0 Å². The van der Waals surface area contributed by atoms with E-state index in [0.29, 0.717) is 11.4 Å². The van der Waals surface area contributed by atoms with Gasteiger partial charge in [-0.25, -0.2) is 14.4 Å². The lowest BCUT2D eigenvalue weighted by molar-refractivity contribution is 0.102. The summed E-state index contributed by atoms with van der Waals surface area (Å²) in [4.78, 5) is 19.7. The van der Waals surface area contributed by atoms with Crippen molar-refractivity contribution in [1.82, 2.24) is 9.97 Å². The first-order valence-corrected chi connectivity index (χ1v) is 5.42. The van der Waals surface area contributed by atoms with Crippen LogP contribution in [0.25, 0.3) is 0 Å². The second-order valence-corrected chi connectivity index (χ2v) is 3.99. The van der Waals surface area contributed by atoms with E-state index < -0.39 is 11.7 Å². The Morgan fingerprint density at radius 1 is 1.28 bits per heavy atom. The van der Waals surface area contributed by atoms with E-state index in [0.717, 1.165) is 11.8 Å². The quantitative estimate of drug-likeness (QED) is 0.884. The molecule has 0 atom stereocenters. The zero-order chi connectivity index (χ0) is 13.1. The van der Waals surface area contributed by atoms with Crippen LogP contribution in [0.2, 0.25) is 0 Å². The van der Waals surface area contributed by atoms with Crippen LogP contribution in [0, 0.1) is 19.7 Å². The molecule has 1 N–H and O–H groups in total. The normalized spacial score (nSPS) is 10.2. The summed E-state index contributed by atoms with van der Waals surface area (Å²) in [5.41, 5.74) is 1.67. The number of anilines is 1. The van der Waals surface area contributed by atoms with Gasteiger partial charge in [-0.15, -0.1) is 0 Å². The lowest BCUT2D eigenvalue weighted by Gasteiger charge is -2.06. The van der Waals surface area contributed by atoms with Crippen LogP contribution in [-0.2, 0) is 0 Å². The average molecular weight is 245 g/mol. The molecule has 2 heterocycles. The first-order chi connectivity index (χ1) is 8.56. The van der Waals surface area contributed by atoms with Crippen molar-refractivity contribution in [2.45, 2.75) is 13.8 Å². The fourth-order valence-electron chi connectivity index (χ4n) is 1.56. The van der Waals surface area contributed by atoms with Crippen molar-refractivity contribution in [3.05, 3.63) is 53.2 Å². The van der Waals surface area contributed by atoms with Crippen LogP contribution >= 0.6 is 0 Å². The van der Waals surface area contributed by atoms with Crippen LogP contribution in [0.15, 0.2) is 30.6 Å².